The molecule has 29 valence electrons. The van der Waals surface area contributed by atoms with E-state index in [9.17, 15) is 0 Å². The molecule has 0 unspecified atom stereocenters. The molecule has 0 aliphatic rings. The molecule has 0 atom stereocenters. The average Bonchev–Trinajstić information content (AvgIpc) is 1.50. The molecular weight excluding hydrogens is 402 g/mol. The van der Waals surface area contributed by atoms with E-state index in [0.717, 1.165) is 23.7 Å². The summed E-state index contributed by atoms with van der Waals surface area (Å²) in [5.74, 6) is 0. The summed E-state index contributed by atoms with van der Waals surface area (Å²) in [7, 11) is 4.25. The van der Waals surface area contributed by atoms with Crippen molar-refractivity contribution in [3.63, 3.8) is 0 Å². The second-order valence-corrected chi connectivity index (χ2v) is 0. The molecule has 0 spiro atoms. The fourth-order valence-corrected chi connectivity index (χ4v) is 0. The van der Waals surface area contributed by atoms with Crippen LogP contribution in [0.15, 0.2) is 0 Å². The van der Waals surface area contributed by atoms with Gasteiger partial charge >= 0.3 is 54.2 Å². The van der Waals surface area contributed by atoms with Gasteiger partial charge in [0, 0.05) is 44.4 Å². The summed E-state index contributed by atoms with van der Waals surface area (Å²) in [6, 6.07) is 0. The zero-order chi connectivity index (χ0) is 4.00. The Morgan fingerprint density at radius 3 is 1.33 bits per heavy atom. The monoisotopic (exact) mass is 403 g/mol. The van der Waals surface area contributed by atoms with Gasteiger partial charge in [0.05, 0.1) is 0 Å². The Bertz CT molecular complexity index is 15.5. The molecule has 0 heterocycles. The van der Waals surface area contributed by atoms with Gasteiger partial charge < -0.3 is 0 Å². The summed E-state index contributed by atoms with van der Waals surface area (Å²) in [5, 5.41) is 0. The van der Waals surface area contributed by atoms with E-state index in [0.29, 0.717) is 0 Å². The topological polar surface area (TPSA) is 17.1 Å². The predicted octanol–water partition coefficient (Wildman–Crippen LogP) is 0.519. The van der Waals surface area contributed by atoms with Gasteiger partial charge in [0.2, 0.25) is 0 Å². The van der Waals surface area contributed by atoms with Crippen LogP contribution in [0.3, 0.4) is 0 Å². The first kappa shape index (κ1) is 23.0. The quantitative estimate of drug-likeness (QED) is 0.551. The molecule has 6 heteroatoms. The van der Waals surface area contributed by atoms with Crippen molar-refractivity contribution in [3.8, 4) is 0 Å². The van der Waals surface area contributed by atoms with Gasteiger partial charge in [0.1, 0.15) is 0 Å². The van der Waals surface area contributed by atoms with E-state index in [1.54, 1.807) is 0 Å². The Morgan fingerprint density at radius 2 is 1.33 bits per heavy atom. The van der Waals surface area contributed by atoms with Crippen LogP contribution in [0, 0.1) is 0 Å². The van der Waals surface area contributed by atoms with E-state index in [1.807, 2.05) is 0 Å². The molecule has 0 amide bonds. The van der Waals surface area contributed by atoms with Crippen LogP contribution in [-0.2, 0) is 89.9 Å². The maximum absolute atomic E-state index is 8.38. The maximum atomic E-state index is 8.38. The van der Waals surface area contributed by atoms with Gasteiger partial charge in [-0.1, -0.05) is 0 Å². The van der Waals surface area contributed by atoms with Crippen LogP contribution in [0.5, 0.6) is 0 Å². The minimum absolute atomic E-state index is 0. The zero-order valence-electron chi connectivity index (χ0n) is 3.24. The van der Waals surface area contributed by atoms with E-state index in [4.69, 9.17) is 3.57 Å². The molecule has 0 saturated heterocycles. The summed E-state index contributed by atoms with van der Waals surface area (Å²) < 4.78 is 8.38. The molecule has 1 nitrogen and oxygen atoms in total. The number of rotatable bonds is 0. The average molecular weight is 402 g/mol. The van der Waals surface area contributed by atoms with Gasteiger partial charge in [-0.05, 0) is 0 Å². The first-order chi connectivity index (χ1) is 2.00. The molecule has 0 aliphatic carbocycles. The Morgan fingerprint density at radius 1 is 1.33 bits per heavy atom. The Kier molecular flexibility index (Phi) is 167. The molecular formula is Cd2CuOSZn. The van der Waals surface area contributed by atoms with Crippen molar-refractivity contribution in [2.75, 3.05) is 0 Å². The van der Waals surface area contributed by atoms with Crippen LogP contribution in [0.1, 0.15) is 0 Å². The standard InChI is InChI=1S/2Cd.Cu.O.S.Zn. The van der Waals surface area contributed by atoms with Crippen molar-refractivity contribution in [1.29, 1.82) is 0 Å². The van der Waals surface area contributed by atoms with Crippen LogP contribution < -0.4 is 0 Å². The fourth-order valence-electron chi connectivity index (χ4n) is 0. The molecule has 0 N–H and O–H groups in total. The van der Waals surface area contributed by atoms with Gasteiger partial charge in [-0.15, -0.1) is 0 Å². The third kappa shape index (κ3) is 28.0. The van der Waals surface area contributed by atoms with Crippen molar-refractivity contribution in [2.45, 2.75) is 0 Å². The number of hydrogen-bond donors (Lipinski definition) is 0. The van der Waals surface area contributed by atoms with Crippen molar-refractivity contribution < 1.29 is 89.9 Å². The normalized spacial score (nSPS) is 2.00. The SMILES string of the molecule is [Cd].[Cu].[O]=[Zn].[S]=[Cd]. The van der Waals surface area contributed by atoms with Crippen LogP contribution in [-0.4, -0.2) is 0 Å². The van der Waals surface area contributed by atoms with Crippen molar-refractivity contribution in [2.24, 2.45) is 0 Å². The molecule has 0 aliphatic heterocycles. The second-order valence-electron chi connectivity index (χ2n) is 0. The van der Waals surface area contributed by atoms with Crippen molar-refractivity contribution >= 4 is 8.65 Å². The molecule has 0 saturated carbocycles. The van der Waals surface area contributed by atoms with Crippen LogP contribution in [0.2, 0.25) is 0 Å². The third-order valence-electron chi connectivity index (χ3n) is 0. The predicted molar refractivity (Wildman–Crippen MR) is 8.28 cm³/mol. The van der Waals surface area contributed by atoms with Gasteiger partial charge in [-0.3, -0.25) is 0 Å². The van der Waals surface area contributed by atoms with E-state index in [1.165, 1.54) is 0 Å². The fraction of sp³-hybridized carbons (Fsp3) is 0. The number of hydrogen-bond acceptors (Lipinski definition) is 2. The Hall–Kier alpha value is 3.01. The van der Waals surface area contributed by atoms with Gasteiger partial charge in [-0.25, -0.2) is 0 Å². The van der Waals surface area contributed by atoms with Crippen molar-refractivity contribution in [3.05, 3.63) is 0 Å². The van der Waals surface area contributed by atoms with Crippen molar-refractivity contribution in [1.82, 2.24) is 0 Å². The second kappa shape index (κ2) is 43.5. The summed E-state index contributed by atoms with van der Waals surface area (Å²) in [5.41, 5.74) is 0. The van der Waals surface area contributed by atoms with Crippen LogP contribution in [0.4, 0.5) is 0 Å². The van der Waals surface area contributed by atoms with Crippen LogP contribution in [0.25, 0.3) is 0 Å². The molecule has 0 aromatic carbocycles. The van der Waals surface area contributed by atoms with E-state index in [2.05, 4.69) is 8.65 Å². The zero-order valence-corrected chi connectivity index (χ0v) is 16.0. The first-order valence-corrected chi connectivity index (χ1v) is 7.31. The van der Waals surface area contributed by atoms with Gasteiger partial charge in [-0.2, -0.15) is 0 Å². The molecule has 0 rings (SSSR count). The molecule has 0 aromatic rings. The minimum atomic E-state index is 0. The summed E-state index contributed by atoms with van der Waals surface area (Å²) in [6.45, 7) is 0. The Labute approximate surface area is 96.5 Å². The van der Waals surface area contributed by atoms with Gasteiger partial charge in [0.25, 0.3) is 0 Å². The van der Waals surface area contributed by atoms with Crippen LogP contribution >= 0.6 is 8.65 Å². The first-order valence-electron chi connectivity index (χ1n) is 0.577. The van der Waals surface area contributed by atoms with E-state index >= 15 is 0 Å². The van der Waals surface area contributed by atoms with Gasteiger partial charge in [0.15, 0.2) is 0 Å². The molecule has 0 fully saturated rings. The summed E-state index contributed by atoms with van der Waals surface area (Å²) >= 11 is 0.858. The van der Waals surface area contributed by atoms with E-state index < -0.39 is 0 Å². The summed E-state index contributed by atoms with van der Waals surface area (Å²) in [4.78, 5) is 0. The molecule has 6 heavy (non-hydrogen) atoms. The molecule has 1 radical (unpaired) electrons. The molecule has 0 aromatic heterocycles. The third-order valence-corrected chi connectivity index (χ3v) is 0. The molecule has 0 bridgehead atoms. The Balaban J connectivity index is -0.00000000500. The summed E-state index contributed by atoms with van der Waals surface area (Å²) in [6.07, 6.45) is 0. The van der Waals surface area contributed by atoms with E-state index in [-0.39, 0.29) is 62.6 Å².